The van der Waals surface area contributed by atoms with Crippen LogP contribution in [-0.4, -0.2) is 25.1 Å². The number of hydrogen-bond donors (Lipinski definition) is 2. The van der Waals surface area contributed by atoms with Gasteiger partial charge in [-0.3, -0.25) is 9.59 Å². The van der Waals surface area contributed by atoms with Crippen LogP contribution in [0.1, 0.15) is 11.1 Å². The van der Waals surface area contributed by atoms with Crippen LogP contribution in [0.2, 0.25) is 0 Å². The van der Waals surface area contributed by atoms with Crippen LogP contribution in [-0.2, 0) is 9.59 Å². The summed E-state index contributed by atoms with van der Waals surface area (Å²) < 4.78 is 5.10. The first-order valence-electron chi connectivity index (χ1n) is 6.95. The monoisotopic (exact) mass is 311 g/mol. The summed E-state index contributed by atoms with van der Waals surface area (Å²) in [4.78, 5) is 23.6. The molecule has 6 nitrogen and oxygen atoms in total. The molecule has 0 atom stereocenters. The van der Waals surface area contributed by atoms with Crippen LogP contribution >= 0.6 is 0 Å². The van der Waals surface area contributed by atoms with Crippen molar-refractivity contribution in [2.75, 3.05) is 12.4 Å². The highest BCUT2D eigenvalue weighted by atomic mass is 16.5. The highest BCUT2D eigenvalue weighted by Crippen LogP contribution is 2.22. The first-order chi connectivity index (χ1) is 11.1. The van der Waals surface area contributed by atoms with Gasteiger partial charge in [-0.25, -0.2) is 5.43 Å². The molecule has 0 fully saturated rings. The summed E-state index contributed by atoms with van der Waals surface area (Å²) >= 11 is 0. The van der Waals surface area contributed by atoms with Crippen molar-refractivity contribution in [3.8, 4) is 5.75 Å². The molecule has 0 saturated carbocycles. The minimum atomic E-state index is -0.860. The van der Waals surface area contributed by atoms with Crippen molar-refractivity contribution in [3.05, 3.63) is 59.7 Å². The number of rotatable bonds is 4. The molecular formula is C17H17N3O3. The predicted octanol–water partition coefficient (Wildman–Crippen LogP) is 2.09. The zero-order valence-corrected chi connectivity index (χ0v) is 12.9. The Kier molecular flexibility index (Phi) is 5.46. The molecule has 0 aliphatic rings. The Morgan fingerprint density at radius 2 is 1.74 bits per heavy atom. The molecule has 0 heterocycles. The second-order valence-electron chi connectivity index (χ2n) is 4.71. The molecule has 2 amide bonds. The summed E-state index contributed by atoms with van der Waals surface area (Å²) in [5, 5.41) is 6.26. The standard InChI is InChI=1S/C17H17N3O3/c1-12-7-3-4-8-13(12)11-18-20-17(22)16(21)19-14-9-5-6-10-15(14)23-2/h3-11H,1-2H3,(H,19,21)(H,20,22). The molecule has 23 heavy (non-hydrogen) atoms. The molecule has 0 spiro atoms. The Labute approximate surface area is 134 Å². The maximum atomic E-state index is 11.8. The molecule has 6 heteroatoms. The van der Waals surface area contributed by atoms with Gasteiger partial charge in [-0.1, -0.05) is 36.4 Å². The molecule has 0 aromatic heterocycles. The quantitative estimate of drug-likeness (QED) is 0.515. The Bertz CT molecular complexity index is 741. The maximum absolute atomic E-state index is 11.8. The van der Waals surface area contributed by atoms with Gasteiger partial charge >= 0.3 is 11.8 Å². The third-order valence-corrected chi connectivity index (χ3v) is 3.12. The molecule has 0 aliphatic heterocycles. The summed E-state index contributed by atoms with van der Waals surface area (Å²) in [6, 6.07) is 14.4. The largest absolute Gasteiger partial charge is 0.495 e. The Balaban J connectivity index is 1.95. The number of methoxy groups -OCH3 is 1. The lowest BCUT2D eigenvalue weighted by molar-refractivity contribution is -0.136. The highest BCUT2D eigenvalue weighted by molar-refractivity contribution is 6.39. The van der Waals surface area contributed by atoms with Gasteiger partial charge in [0.05, 0.1) is 19.0 Å². The van der Waals surface area contributed by atoms with Crippen molar-refractivity contribution in [1.29, 1.82) is 0 Å². The topological polar surface area (TPSA) is 79.8 Å². The Morgan fingerprint density at radius 3 is 2.48 bits per heavy atom. The van der Waals surface area contributed by atoms with E-state index < -0.39 is 11.8 Å². The maximum Gasteiger partial charge on any atom is 0.329 e. The van der Waals surface area contributed by atoms with E-state index in [-0.39, 0.29) is 0 Å². The van der Waals surface area contributed by atoms with Gasteiger partial charge in [-0.15, -0.1) is 0 Å². The molecule has 0 unspecified atom stereocenters. The first-order valence-corrected chi connectivity index (χ1v) is 6.95. The number of hydrogen-bond acceptors (Lipinski definition) is 4. The van der Waals surface area contributed by atoms with Crippen LogP contribution in [0, 0.1) is 6.92 Å². The van der Waals surface area contributed by atoms with Gasteiger partial charge in [0.2, 0.25) is 0 Å². The van der Waals surface area contributed by atoms with E-state index in [1.54, 1.807) is 24.3 Å². The van der Waals surface area contributed by atoms with Gasteiger partial charge in [0.1, 0.15) is 5.75 Å². The number of nitrogens with one attached hydrogen (secondary N) is 2. The minimum Gasteiger partial charge on any atom is -0.495 e. The third-order valence-electron chi connectivity index (χ3n) is 3.12. The average Bonchev–Trinajstić information content (AvgIpc) is 2.57. The van der Waals surface area contributed by atoms with Crippen molar-refractivity contribution in [1.82, 2.24) is 5.43 Å². The Morgan fingerprint density at radius 1 is 1.04 bits per heavy atom. The molecule has 2 rings (SSSR count). The second-order valence-corrected chi connectivity index (χ2v) is 4.71. The number of nitrogens with zero attached hydrogens (tertiary/aromatic N) is 1. The van der Waals surface area contributed by atoms with E-state index in [2.05, 4.69) is 15.8 Å². The summed E-state index contributed by atoms with van der Waals surface area (Å²) in [6.07, 6.45) is 1.49. The van der Waals surface area contributed by atoms with Gasteiger partial charge in [-0.05, 0) is 30.2 Å². The number of carbonyl (C=O) groups is 2. The van der Waals surface area contributed by atoms with Crippen molar-refractivity contribution in [2.45, 2.75) is 6.92 Å². The molecule has 0 radical (unpaired) electrons. The van der Waals surface area contributed by atoms with Crippen LogP contribution in [0.3, 0.4) is 0 Å². The van der Waals surface area contributed by atoms with Crippen LogP contribution < -0.4 is 15.5 Å². The normalized spacial score (nSPS) is 10.3. The van der Waals surface area contributed by atoms with Gasteiger partial charge in [0.25, 0.3) is 0 Å². The van der Waals surface area contributed by atoms with E-state index in [0.717, 1.165) is 11.1 Å². The molecule has 118 valence electrons. The summed E-state index contributed by atoms with van der Waals surface area (Å²) in [7, 11) is 1.48. The molecule has 0 saturated heterocycles. The fraction of sp³-hybridized carbons (Fsp3) is 0.118. The fourth-order valence-corrected chi connectivity index (χ4v) is 1.87. The molecule has 2 N–H and O–H groups in total. The predicted molar refractivity (Wildman–Crippen MR) is 88.5 cm³/mol. The SMILES string of the molecule is COc1ccccc1NC(=O)C(=O)NN=Cc1ccccc1C. The zero-order valence-electron chi connectivity index (χ0n) is 12.9. The molecule has 0 aliphatic carbocycles. The van der Waals surface area contributed by atoms with Gasteiger partial charge in [-0.2, -0.15) is 5.10 Å². The van der Waals surface area contributed by atoms with Crippen molar-refractivity contribution in [2.24, 2.45) is 5.10 Å². The Hall–Kier alpha value is -3.15. The van der Waals surface area contributed by atoms with E-state index in [4.69, 9.17) is 4.74 Å². The number of ether oxygens (including phenoxy) is 1. The number of amides is 2. The van der Waals surface area contributed by atoms with Crippen LogP contribution in [0.15, 0.2) is 53.6 Å². The number of benzene rings is 2. The lowest BCUT2D eigenvalue weighted by Gasteiger charge is -2.08. The van der Waals surface area contributed by atoms with E-state index in [9.17, 15) is 9.59 Å². The van der Waals surface area contributed by atoms with Gasteiger partial charge in [0, 0.05) is 0 Å². The molecule has 2 aromatic carbocycles. The third kappa shape index (κ3) is 4.41. The molecular weight excluding hydrogens is 294 g/mol. The van der Waals surface area contributed by atoms with E-state index >= 15 is 0 Å². The van der Waals surface area contributed by atoms with Crippen molar-refractivity contribution in [3.63, 3.8) is 0 Å². The van der Waals surface area contributed by atoms with Crippen LogP contribution in [0.4, 0.5) is 5.69 Å². The minimum absolute atomic E-state index is 0.415. The zero-order chi connectivity index (χ0) is 16.7. The molecule has 0 bridgehead atoms. The number of anilines is 1. The number of carbonyl (C=O) groups excluding carboxylic acids is 2. The summed E-state index contributed by atoms with van der Waals surface area (Å²) in [6.45, 7) is 1.93. The van der Waals surface area contributed by atoms with Crippen LogP contribution in [0.5, 0.6) is 5.75 Å². The molecule has 2 aromatic rings. The van der Waals surface area contributed by atoms with Gasteiger partial charge < -0.3 is 10.1 Å². The summed E-state index contributed by atoms with van der Waals surface area (Å²) in [5.74, 6) is -1.21. The van der Waals surface area contributed by atoms with E-state index in [1.807, 2.05) is 31.2 Å². The lowest BCUT2D eigenvalue weighted by Crippen LogP contribution is -2.32. The van der Waals surface area contributed by atoms with E-state index in [1.165, 1.54) is 13.3 Å². The van der Waals surface area contributed by atoms with Gasteiger partial charge in [0.15, 0.2) is 0 Å². The van der Waals surface area contributed by atoms with Crippen LogP contribution in [0.25, 0.3) is 0 Å². The fourth-order valence-electron chi connectivity index (χ4n) is 1.87. The number of para-hydroxylation sites is 2. The average molecular weight is 311 g/mol. The van der Waals surface area contributed by atoms with Crippen molar-refractivity contribution < 1.29 is 14.3 Å². The van der Waals surface area contributed by atoms with E-state index in [0.29, 0.717) is 11.4 Å². The highest BCUT2D eigenvalue weighted by Gasteiger charge is 2.14. The number of aryl methyl sites for hydroxylation is 1. The van der Waals surface area contributed by atoms with Crippen molar-refractivity contribution >= 4 is 23.7 Å². The first kappa shape index (κ1) is 16.2. The second kappa shape index (κ2) is 7.74. The number of hydrazone groups is 1. The smallest absolute Gasteiger partial charge is 0.329 e. The lowest BCUT2D eigenvalue weighted by atomic mass is 10.1. The summed E-state index contributed by atoms with van der Waals surface area (Å²) in [5.41, 5.74) is 4.49.